The number of nitrogens with zero attached hydrogens (tertiary/aromatic N) is 1. The smallest absolute Gasteiger partial charge is 0.314 e. The predicted octanol–water partition coefficient (Wildman–Crippen LogP) is 3.46. The van der Waals surface area contributed by atoms with Crippen molar-refractivity contribution < 1.29 is 13.6 Å². The van der Waals surface area contributed by atoms with Crippen LogP contribution < -0.4 is 5.73 Å². The molecule has 6 heteroatoms. The molecule has 2 rings (SSSR count). The molecule has 108 valence electrons. The molecule has 1 aromatic heterocycles. The minimum Gasteiger partial charge on any atom is -0.314 e. The Balaban J connectivity index is 2.49. The first-order valence-electron chi connectivity index (χ1n) is 6.60. The molecule has 20 heavy (non-hydrogen) atoms. The molecule has 0 aliphatic rings. The fourth-order valence-corrected chi connectivity index (χ4v) is 3.79. The summed E-state index contributed by atoms with van der Waals surface area (Å²) < 4.78 is 23.4. The van der Waals surface area contributed by atoms with Gasteiger partial charge in [0.05, 0.1) is 18.7 Å². The van der Waals surface area contributed by atoms with Gasteiger partial charge in [0.25, 0.3) is 0 Å². The van der Waals surface area contributed by atoms with Crippen molar-refractivity contribution in [3.63, 3.8) is 0 Å². The van der Waals surface area contributed by atoms with Crippen LogP contribution in [0.3, 0.4) is 0 Å². The third kappa shape index (κ3) is 2.91. The first kappa shape index (κ1) is 15.1. The number of benzene rings is 1. The van der Waals surface area contributed by atoms with Gasteiger partial charge in [-0.1, -0.05) is 18.2 Å². The Morgan fingerprint density at radius 3 is 2.50 bits per heavy atom. The summed E-state index contributed by atoms with van der Waals surface area (Å²) in [4.78, 5) is 4.27. The highest BCUT2D eigenvalue weighted by Gasteiger charge is 2.34. The van der Waals surface area contributed by atoms with Gasteiger partial charge in [-0.05, 0) is 31.5 Å². The summed E-state index contributed by atoms with van der Waals surface area (Å²) >= 11 is 0. The average molecular weight is 294 g/mol. The fourth-order valence-electron chi connectivity index (χ4n) is 2.10. The highest BCUT2D eigenvalue weighted by atomic mass is 31.2. The van der Waals surface area contributed by atoms with Crippen molar-refractivity contribution in [2.45, 2.75) is 19.6 Å². The van der Waals surface area contributed by atoms with Gasteiger partial charge in [-0.15, -0.1) is 0 Å². The summed E-state index contributed by atoms with van der Waals surface area (Å²) in [7, 11) is -3.39. The summed E-state index contributed by atoms with van der Waals surface area (Å²) in [5.74, 6) is -0.824. The van der Waals surface area contributed by atoms with Crippen molar-refractivity contribution in [3.05, 3.63) is 42.1 Å². The summed E-state index contributed by atoms with van der Waals surface area (Å²) in [6.45, 7) is 4.11. The van der Waals surface area contributed by atoms with Crippen LogP contribution in [0.1, 0.15) is 25.2 Å². The van der Waals surface area contributed by atoms with Crippen molar-refractivity contribution in [2.24, 2.45) is 5.73 Å². The van der Waals surface area contributed by atoms with Gasteiger partial charge >= 0.3 is 7.60 Å². The molecule has 2 aromatic rings. The quantitative estimate of drug-likeness (QED) is 0.826. The van der Waals surface area contributed by atoms with E-state index >= 15 is 0 Å². The standard InChI is InChI=1S/C14H19N2O3P/c1-3-18-20(17,19-4-2)14(15)12-9-10-16-13-8-6-5-7-11(12)13/h5-10,14H,3-4,15H2,1-2H3/t14-/m0/s1. The minimum atomic E-state index is -3.39. The molecule has 5 nitrogen and oxygen atoms in total. The van der Waals surface area contributed by atoms with E-state index in [1.54, 1.807) is 26.1 Å². The van der Waals surface area contributed by atoms with E-state index in [0.29, 0.717) is 0 Å². The molecule has 1 aromatic carbocycles. The predicted molar refractivity (Wildman–Crippen MR) is 79.5 cm³/mol. The van der Waals surface area contributed by atoms with Gasteiger partial charge in [0, 0.05) is 11.6 Å². The van der Waals surface area contributed by atoms with E-state index in [-0.39, 0.29) is 13.2 Å². The zero-order valence-electron chi connectivity index (χ0n) is 11.7. The van der Waals surface area contributed by atoms with E-state index in [0.717, 1.165) is 16.5 Å². The molecule has 0 aliphatic heterocycles. The number of hydrogen-bond donors (Lipinski definition) is 1. The first-order chi connectivity index (χ1) is 9.62. The van der Waals surface area contributed by atoms with Gasteiger partial charge in [-0.25, -0.2) is 0 Å². The second-order valence-electron chi connectivity index (χ2n) is 4.24. The van der Waals surface area contributed by atoms with Gasteiger partial charge in [0.15, 0.2) is 0 Å². The molecule has 1 heterocycles. The van der Waals surface area contributed by atoms with Crippen LogP contribution >= 0.6 is 7.60 Å². The summed E-state index contributed by atoms with van der Waals surface area (Å²) in [6.07, 6.45) is 1.65. The van der Waals surface area contributed by atoms with Crippen LogP contribution in [0.4, 0.5) is 0 Å². The van der Waals surface area contributed by atoms with Crippen LogP contribution in [0.2, 0.25) is 0 Å². The van der Waals surface area contributed by atoms with E-state index in [1.807, 2.05) is 24.3 Å². The van der Waals surface area contributed by atoms with Gasteiger partial charge in [-0.2, -0.15) is 0 Å². The Bertz CT molecular complexity index is 617. The molecule has 0 bridgehead atoms. The highest BCUT2D eigenvalue weighted by molar-refractivity contribution is 7.54. The summed E-state index contributed by atoms with van der Waals surface area (Å²) in [5.41, 5.74) is 7.70. The van der Waals surface area contributed by atoms with Gasteiger partial charge < -0.3 is 14.8 Å². The number of hydrogen-bond acceptors (Lipinski definition) is 5. The topological polar surface area (TPSA) is 74.4 Å². The van der Waals surface area contributed by atoms with Gasteiger partial charge in [0.1, 0.15) is 5.78 Å². The van der Waals surface area contributed by atoms with Crippen LogP contribution in [0.25, 0.3) is 10.9 Å². The molecule has 0 saturated heterocycles. The SMILES string of the molecule is CCOP(=O)(OCC)[C@H](N)c1ccnc2ccccc12. The number of aromatic nitrogens is 1. The zero-order valence-corrected chi connectivity index (χ0v) is 12.5. The molecule has 2 N–H and O–H groups in total. The van der Waals surface area contributed by atoms with Crippen molar-refractivity contribution >= 4 is 18.5 Å². The monoisotopic (exact) mass is 294 g/mol. The third-order valence-electron chi connectivity index (χ3n) is 2.96. The molecule has 1 atom stereocenters. The van der Waals surface area contributed by atoms with E-state index in [1.165, 1.54) is 0 Å². The number of fused-ring (bicyclic) bond motifs is 1. The van der Waals surface area contributed by atoms with E-state index in [9.17, 15) is 4.57 Å². The second-order valence-corrected chi connectivity index (χ2v) is 6.39. The Kier molecular flexibility index (Phi) is 4.89. The van der Waals surface area contributed by atoms with E-state index in [4.69, 9.17) is 14.8 Å². The lowest BCUT2D eigenvalue weighted by Crippen LogP contribution is -2.15. The Labute approximate surface area is 118 Å². The Morgan fingerprint density at radius 2 is 1.85 bits per heavy atom. The molecule has 0 amide bonds. The van der Waals surface area contributed by atoms with Crippen LogP contribution in [-0.2, 0) is 13.6 Å². The molecule has 0 aliphatic carbocycles. The third-order valence-corrected chi connectivity index (χ3v) is 5.16. The fraction of sp³-hybridized carbons (Fsp3) is 0.357. The normalized spacial score (nSPS) is 13.6. The molecule has 0 radical (unpaired) electrons. The molecule has 0 unspecified atom stereocenters. The van der Waals surface area contributed by atoms with Crippen LogP contribution in [0.15, 0.2) is 36.5 Å². The van der Waals surface area contributed by atoms with Gasteiger partial charge in [0.2, 0.25) is 0 Å². The maximum absolute atomic E-state index is 12.8. The Hall–Kier alpha value is -1.26. The zero-order chi connectivity index (χ0) is 14.6. The molecule has 0 spiro atoms. The largest absolute Gasteiger partial charge is 0.351 e. The maximum Gasteiger partial charge on any atom is 0.351 e. The number of rotatable bonds is 6. The summed E-state index contributed by atoms with van der Waals surface area (Å²) in [6, 6.07) is 9.34. The first-order valence-corrected chi connectivity index (χ1v) is 8.21. The lowest BCUT2D eigenvalue weighted by atomic mass is 10.1. The number of para-hydroxylation sites is 1. The van der Waals surface area contributed by atoms with E-state index in [2.05, 4.69) is 4.98 Å². The Morgan fingerprint density at radius 1 is 1.20 bits per heavy atom. The van der Waals surface area contributed by atoms with Crippen LogP contribution in [-0.4, -0.2) is 18.2 Å². The molecular weight excluding hydrogens is 275 g/mol. The van der Waals surface area contributed by atoms with Crippen molar-refractivity contribution in [2.75, 3.05) is 13.2 Å². The molecular formula is C14H19N2O3P. The van der Waals surface area contributed by atoms with Gasteiger partial charge in [-0.3, -0.25) is 9.55 Å². The molecule has 0 saturated carbocycles. The summed E-state index contributed by atoms with van der Waals surface area (Å²) in [5, 5.41) is 0.863. The van der Waals surface area contributed by atoms with E-state index < -0.39 is 13.4 Å². The average Bonchev–Trinajstić information content (AvgIpc) is 2.46. The number of pyridine rings is 1. The van der Waals surface area contributed by atoms with Crippen LogP contribution in [0.5, 0.6) is 0 Å². The van der Waals surface area contributed by atoms with Crippen molar-refractivity contribution in [1.82, 2.24) is 4.98 Å². The number of nitrogens with two attached hydrogens (primary N) is 1. The van der Waals surface area contributed by atoms with Crippen LogP contribution in [0, 0.1) is 0 Å². The minimum absolute atomic E-state index is 0.286. The maximum atomic E-state index is 12.8. The van der Waals surface area contributed by atoms with Crippen molar-refractivity contribution in [1.29, 1.82) is 0 Å². The lowest BCUT2D eigenvalue weighted by molar-refractivity contribution is 0.212. The van der Waals surface area contributed by atoms with Crippen molar-refractivity contribution in [3.8, 4) is 0 Å². The second kappa shape index (κ2) is 6.46. The molecule has 0 fully saturated rings. The highest BCUT2D eigenvalue weighted by Crippen LogP contribution is 2.58. The lowest BCUT2D eigenvalue weighted by Gasteiger charge is -2.24.